The van der Waals surface area contributed by atoms with E-state index in [0.717, 1.165) is 64.2 Å². The molecule has 2 aliphatic rings. The number of para-hydroxylation sites is 1. The van der Waals surface area contributed by atoms with Crippen LogP contribution in [0.3, 0.4) is 0 Å². The van der Waals surface area contributed by atoms with Crippen LogP contribution in [0.25, 0.3) is 0 Å². The second-order valence-electron chi connectivity index (χ2n) is 6.02. The summed E-state index contributed by atoms with van der Waals surface area (Å²) < 4.78 is 6.01. The van der Waals surface area contributed by atoms with Gasteiger partial charge in [0.1, 0.15) is 11.9 Å². The third-order valence-electron chi connectivity index (χ3n) is 4.32. The smallest absolute Gasteiger partial charge is 0.317 e. The van der Waals surface area contributed by atoms with E-state index >= 15 is 0 Å². The maximum absolute atomic E-state index is 11.6. The van der Waals surface area contributed by atoms with E-state index in [1.54, 1.807) is 0 Å². The van der Waals surface area contributed by atoms with Crippen molar-refractivity contribution in [2.75, 3.05) is 32.7 Å². The highest BCUT2D eigenvalue weighted by Gasteiger charge is 2.19. The summed E-state index contributed by atoms with van der Waals surface area (Å²) in [5.74, 6) is 1.03. The first-order valence-corrected chi connectivity index (χ1v) is 8.31. The second-order valence-corrected chi connectivity index (χ2v) is 6.02. The van der Waals surface area contributed by atoms with Crippen LogP contribution in [0.1, 0.15) is 24.8 Å². The molecule has 1 fully saturated rings. The number of carbonyl (C=O) groups is 1. The van der Waals surface area contributed by atoms with E-state index in [-0.39, 0.29) is 12.1 Å². The van der Waals surface area contributed by atoms with E-state index in [1.807, 2.05) is 11.0 Å². The highest BCUT2D eigenvalue weighted by Crippen LogP contribution is 2.26. The predicted molar refractivity (Wildman–Crippen MR) is 86.3 cm³/mol. The van der Waals surface area contributed by atoms with Crippen molar-refractivity contribution in [2.45, 2.75) is 31.8 Å². The summed E-state index contributed by atoms with van der Waals surface area (Å²) in [5, 5.41) is 6.34. The summed E-state index contributed by atoms with van der Waals surface area (Å²) in [6.45, 7) is 4.32. The Kier molecular flexibility index (Phi) is 5.16. The molecule has 2 aliphatic heterocycles. The van der Waals surface area contributed by atoms with Crippen molar-refractivity contribution in [1.29, 1.82) is 0 Å². The van der Waals surface area contributed by atoms with E-state index < -0.39 is 0 Å². The molecule has 1 aromatic rings. The minimum absolute atomic E-state index is 0.0819. The Labute approximate surface area is 132 Å². The maximum atomic E-state index is 11.6. The molecule has 2 N–H and O–H groups in total. The molecule has 1 atom stereocenters. The summed E-state index contributed by atoms with van der Waals surface area (Å²) in [7, 11) is 0. The van der Waals surface area contributed by atoms with E-state index in [0.29, 0.717) is 0 Å². The van der Waals surface area contributed by atoms with Crippen molar-refractivity contribution in [3.05, 3.63) is 29.8 Å². The van der Waals surface area contributed by atoms with Gasteiger partial charge in [0.25, 0.3) is 0 Å². The number of nitrogens with zero attached hydrogens (tertiary/aromatic N) is 1. The molecule has 120 valence electrons. The van der Waals surface area contributed by atoms with Gasteiger partial charge >= 0.3 is 6.03 Å². The Hall–Kier alpha value is -1.75. The van der Waals surface area contributed by atoms with E-state index in [1.165, 1.54) is 5.56 Å². The molecule has 0 aliphatic carbocycles. The summed E-state index contributed by atoms with van der Waals surface area (Å²) in [4.78, 5) is 13.5. The van der Waals surface area contributed by atoms with Gasteiger partial charge in [-0.1, -0.05) is 18.2 Å². The van der Waals surface area contributed by atoms with Crippen LogP contribution in [-0.2, 0) is 6.42 Å². The number of rotatable bonds is 6. The second kappa shape index (κ2) is 7.49. The van der Waals surface area contributed by atoms with Gasteiger partial charge in [0.05, 0.1) is 0 Å². The van der Waals surface area contributed by atoms with Gasteiger partial charge in [-0.3, -0.25) is 0 Å². The fraction of sp³-hybridized carbons (Fsp3) is 0.588. The van der Waals surface area contributed by atoms with Gasteiger partial charge in [-0.15, -0.1) is 0 Å². The quantitative estimate of drug-likeness (QED) is 0.788. The third kappa shape index (κ3) is 3.91. The highest BCUT2D eigenvalue weighted by atomic mass is 16.5. The van der Waals surface area contributed by atoms with Gasteiger partial charge in [0, 0.05) is 26.2 Å². The van der Waals surface area contributed by atoms with Crippen LogP contribution in [-0.4, -0.2) is 49.8 Å². The molecule has 2 heterocycles. The number of aryl methyl sites for hydroxylation is 1. The van der Waals surface area contributed by atoms with E-state index in [4.69, 9.17) is 4.74 Å². The highest BCUT2D eigenvalue weighted by molar-refractivity contribution is 5.74. The van der Waals surface area contributed by atoms with Crippen LogP contribution >= 0.6 is 0 Å². The lowest BCUT2D eigenvalue weighted by molar-refractivity contribution is 0.168. The zero-order valence-corrected chi connectivity index (χ0v) is 13.0. The first-order valence-electron chi connectivity index (χ1n) is 8.31. The van der Waals surface area contributed by atoms with Crippen LogP contribution in [0.15, 0.2) is 24.3 Å². The van der Waals surface area contributed by atoms with E-state index in [2.05, 4.69) is 28.8 Å². The largest absolute Gasteiger partial charge is 0.489 e. The number of amides is 2. The molecule has 1 saturated heterocycles. The molecule has 0 radical (unpaired) electrons. The lowest BCUT2D eigenvalue weighted by atomic mass is 10.0. The number of fused-ring (bicyclic) bond motifs is 1. The fourth-order valence-electron chi connectivity index (χ4n) is 3.07. The van der Waals surface area contributed by atoms with Crippen molar-refractivity contribution in [3.63, 3.8) is 0 Å². The minimum Gasteiger partial charge on any atom is -0.489 e. The van der Waals surface area contributed by atoms with Gasteiger partial charge in [-0.25, -0.2) is 4.79 Å². The van der Waals surface area contributed by atoms with Crippen LogP contribution in [0, 0.1) is 0 Å². The number of hydrogen-bond acceptors (Lipinski definition) is 3. The SMILES string of the molecule is O=C1NCCCN1CCCNCC1CCc2ccccc2O1. The Bertz CT molecular complexity index is 506. The molecule has 1 unspecified atom stereocenters. The molecule has 0 bridgehead atoms. The first-order chi connectivity index (χ1) is 10.8. The topological polar surface area (TPSA) is 53.6 Å². The molecule has 0 aromatic heterocycles. The molecular formula is C17H25N3O2. The van der Waals surface area contributed by atoms with Crippen molar-refractivity contribution in [1.82, 2.24) is 15.5 Å². The molecule has 3 rings (SSSR count). The van der Waals surface area contributed by atoms with Gasteiger partial charge < -0.3 is 20.3 Å². The minimum atomic E-state index is 0.0819. The number of carbonyl (C=O) groups excluding carboxylic acids is 1. The number of benzene rings is 1. The maximum Gasteiger partial charge on any atom is 0.317 e. The number of hydrogen-bond donors (Lipinski definition) is 2. The third-order valence-corrected chi connectivity index (χ3v) is 4.32. The molecule has 5 nitrogen and oxygen atoms in total. The summed E-state index contributed by atoms with van der Waals surface area (Å²) in [6.07, 6.45) is 4.45. The lowest BCUT2D eigenvalue weighted by Crippen LogP contribution is -2.47. The lowest BCUT2D eigenvalue weighted by Gasteiger charge is -2.28. The molecule has 0 saturated carbocycles. The van der Waals surface area contributed by atoms with Crippen LogP contribution in [0.2, 0.25) is 0 Å². The standard InChI is InChI=1S/C17H25N3O2/c21-17-19-10-4-12-20(17)11-3-9-18-13-15-8-7-14-5-1-2-6-16(14)22-15/h1-2,5-6,15,18H,3-4,7-13H2,(H,19,21). The zero-order valence-electron chi connectivity index (χ0n) is 13.0. The van der Waals surface area contributed by atoms with Crippen molar-refractivity contribution in [2.24, 2.45) is 0 Å². The Balaban J connectivity index is 1.32. The van der Waals surface area contributed by atoms with Gasteiger partial charge in [0.2, 0.25) is 0 Å². The fourth-order valence-corrected chi connectivity index (χ4v) is 3.07. The van der Waals surface area contributed by atoms with Gasteiger partial charge in [0.15, 0.2) is 0 Å². The molecule has 5 heteroatoms. The summed E-state index contributed by atoms with van der Waals surface area (Å²) in [5.41, 5.74) is 1.31. The average Bonchev–Trinajstić information content (AvgIpc) is 2.56. The van der Waals surface area contributed by atoms with Crippen molar-refractivity contribution < 1.29 is 9.53 Å². The van der Waals surface area contributed by atoms with Crippen molar-refractivity contribution >= 4 is 6.03 Å². The predicted octanol–water partition coefficient (Wildman–Crippen LogP) is 1.78. The zero-order chi connectivity index (χ0) is 15.2. The number of ether oxygens (including phenoxy) is 1. The molecular weight excluding hydrogens is 278 g/mol. The number of nitrogens with one attached hydrogen (secondary N) is 2. The molecule has 1 aromatic carbocycles. The Morgan fingerprint density at radius 2 is 2.27 bits per heavy atom. The number of urea groups is 1. The molecule has 2 amide bonds. The Morgan fingerprint density at radius 1 is 1.36 bits per heavy atom. The van der Waals surface area contributed by atoms with E-state index in [9.17, 15) is 4.79 Å². The van der Waals surface area contributed by atoms with Crippen molar-refractivity contribution in [3.8, 4) is 5.75 Å². The Morgan fingerprint density at radius 3 is 3.18 bits per heavy atom. The monoisotopic (exact) mass is 303 g/mol. The normalized spacial score (nSPS) is 21.0. The van der Waals surface area contributed by atoms with Crippen LogP contribution < -0.4 is 15.4 Å². The summed E-state index contributed by atoms with van der Waals surface area (Å²) in [6, 6.07) is 8.37. The molecule has 0 spiro atoms. The van der Waals surface area contributed by atoms with Gasteiger partial charge in [-0.2, -0.15) is 0 Å². The van der Waals surface area contributed by atoms with Crippen LogP contribution in [0.4, 0.5) is 4.79 Å². The first kappa shape index (κ1) is 15.2. The van der Waals surface area contributed by atoms with Gasteiger partial charge in [-0.05, 0) is 43.9 Å². The van der Waals surface area contributed by atoms with Crippen LogP contribution in [0.5, 0.6) is 5.75 Å². The molecule has 22 heavy (non-hydrogen) atoms. The summed E-state index contributed by atoms with van der Waals surface area (Å²) >= 11 is 0. The average molecular weight is 303 g/mol.